The van der Waals surface area contributed by atoms with E-state index in [4.69, 9.17) is 9.47 Å². The Morgan fingerprint density at radius 2 is 0.559 bits per heavy atom. The van der Waals surface area contributed by atoms with E-state index in [2.05, 4.69) is 0 Å². The minimum Gasteiger partial charge on any atom is -0.508 e. The second kappa shape index (κ2) is 14.9. The number of phenolic OH excluding ortho intramolecular Hbond substituents is 10. The van der Waals surface area contributed by atoms with Crippen LogP contribution >= 0.6 is 0 Å². The zero-order valence-electron chi connectivity index (χ0n) is 35.8. The molecule has 12 rings (SSSR count). The summed E-state index contributed by atoms with van der Waals surface area (Å²) < 4.78 is 13.7. The second-order valence-corrected chi connectivity index (χ2v) is 18.2. The van der Waals surface area contributed by atoms with Gasteiger partial charge in [-0.15, -0.1) is 0 Å². The zero-order chi connectivity index (χ0) is 46.9. The average molecular weight is 907 g/mol. The van der Waals surface area contributed by atoms with Crippen molar-refractivity contribution in [2.75, 3.05) is 0 Å². The van der Waals surface area contributed by atoms with Gasteiger partial charge in [0.05, 0.1) is 11.8 Å². The summed E-state index contributed by atoms with van der Waals surface area (Å²) in [5, 5.41) is 114. The van der Waals surface area contributed by atoms with E-state index in [0.717, 1.165) is 0 Å². The lowest BCUT2D eigenvalue weighted by atomic mass is 9.62. The molecule has 2 aliphatic heterocycles. The lowest BCUT2D eigenvalue weighted by Gasteiger charge is -2.40. The van der Waals surface area contributed by atoms with Crippen molar-refractivity contribution in [1.82, 2.24) is 0 Å². The first-order chi connectivity index (χ1) is 32.8. The minimum absolute atomic E-state index is 0.0182. The van der Waals surface area contributed by atoms with Gasteiger partial charge < -0.3 is 60.5 Å². The summed E-state index contributed by atoms with van der Waals surface area (Å²) in [4.78, 5) is 0. The molecule has 0 saturated heterocycles. The van der Waals surface area contributed by atoms with Crippen LogP contribution in [0.15, 0.2) is 146 Å². The van der Waals surface area contributed by atoms with E-state index in [9.17, 15) is 51.1 Å². The van der Waals surface area contributed by atoms with E-state index in [-0.39, 0.29) is 57.5 Å². The Morgan fingerprint density at radius 1 is 0.265 bits per heavy atom. The van der Waals surface area contributed by atoms with Crippen LogP contribution in [0.25, 0.3) is 0 Å². The molecule has 8 aromatic carbocycles. The molecule has 12 heteroatoms. The lowest BCUT2D eigenvalue weighted by molar-refractivity contribution is 0.221. The number of aromatic hydroxyl groups is 10. The third-order valence-corrected chi connectivity index (χ3v) is 14.5. The number of ether oxygens (including phenoxy) is 2. The molecule has 0 radical (unpaired) electrons. The van der Waals surface area contributed by atoms with E-state index in [0.29, 0.717) is 78.3 Å². The molecule has 2 heterocycles. The van der Waals surface area contributed by atoms with Gasteiger partial charge in [-0.25, -0.2) is 0 Å². The van der Waals surface area contributed by atoms with Crippen LogP contribution in [0.2, 0.25) is 0 Å². The summed E-state index contributed by atoms with van der Waals surface area (Å²) in [6, 6.07) is 38.4. The van der Waals surface area contributed by atoms with Crippen molar-refractivity contribution in [3.05, 3.63) is 212 Å². The normalized spacial score (nSPS) is 22.6. The van der Waals surface area contributed by atoms with Gasteiger partial charge in [0.25, 0.3) is 0 Å². The molecule has 0 saturated carbocycles. The van der Waals surface area contributed by atoms with Gasteiger partial charge in [0, 0.05) is 70.2 Å². The molecule has 68 heavy (non-hydrogen) atoms. The molecule has 0 fully saturated rings. The summed E-state index contributed by atoms with van der Waals surface area (Å²) in [6.45, 7) is 0. The Balaban J connectivity index is 1.25. The number of hydrogen-bond acceptors (Lipinski definition) is 12. The van der Waals surface area contributed by atoms with Crippen LogP contribution in [0.1, 0.15) is 114 Å². The molecule has 0 bridgehead atoms. The minimum atomic E-state index is -0.918. The third kappa shape index (κ3) is 6.20. The van der Waals surface area contributed by atoms with E-state index < -0.39 is 47.7 Å². The van der Waals surface area contributed by atoms with Crippen molar-refractivity contribution < 1.29 is 60.5 Å². The SMILES string of the molecule is Oc1ccc([C@@H]2c3c(O)cc(O)cc3[C@@H]3c4c(cc(O)cc4[C@H]2[C@H]2c4cc(O)cc5c4[C@@H](c4cc(O)cc(O)c4[C@H]2c2ccc(O)cc2)[C@H](c2ccc(O)cc2)O5)O[C@H]3c2ccc(O)cc2)cc1. The van der Waals surface area contributed by atoms with Crippen molar-refractivity contribution in [1.29, 1.82) is 0 Å². The summed E-state index contributed by atoms with van der Waals surface area (Å²) >= 11 is 0. The van der Waals surface area contributed by atoms with Crippen LogP contribution in [0.5, 0.6) is 69.0 Å². The van der Waals surface area contributed by atoms with E-state index in [1.54, 1.807) is 121 Å². The molecule has 8 aromatic rings. The first-order valence-corrected chi connectivity index (χ1v) is 22.2. The number of phenols is 10. The quantitative estimate of drug-likeness (QED) is 0.0780. The largest absolute Gasteiger partial charge is 0.508 e. The van der Waals surface area contributed by atoms with Crippen LogP contribution < -0.4 is 9.47 Å². The predicted octanol–water partition coefficient (Wildman–Crippen LogP) is 10.4. The average Bonchev–Trinajstić information content (AvgIpc) is 3.81. The van der Waals surface area contributed by atoms with Crippen molar-refractivity contribution in [2.24, 2.45) is 0 Å². The standard InChI is InChI=1S/C56H42O12/c57-29-9-1-25(2-10-29)45-47-37(17-33(61)21-41(47)65)53-49-39(19-35(63)23-43(49)67-55(53)27-5-13-31(59)14-6-27)51(45)52-40-20-36(64)24-44-50(40)54(56(68-44)28-7-15-32(60)16-8-28)38-18-34(62)22-42(66)48(38)46(52)26-3-11-30(58)12-4-26/h1-24,45-46,51-66H/t45-,46-,51-,52+,53-,54-,55+,56+/m1/s1. The molecule has 338 valence electrons. The van der Waals surface area contributed by atoms with Crippen LogP contribution in [0, 0.1) is 0 Å². The van der Waals surface area contributed by atoms with Crippen LogP contribution in [-0.2, 0) is 0 Å². The van der Waals surface area contributed by atoms with Crippen LogP contribution in [-0.4, -0.2) is 51.1 Å². The highest BCUT2D eigenvalue weighted by molar-refractivity contribution is 5.71. The van der Waals surface area contributed by atoms with E-state index >= 15 is 0 Å². The number of hydrogen-bond donors (Lipinski definition) is 10. The number of benzene rings is 8. The van der Waals surface area contributed by atoms with Gasteiger partial charge >= 0.3 is 0 Å². The molecule has 4 aliphatic rings. The van der Waals surface area contributed by atoms with Crippen molar-refractivity contribution in [2.45, 2.75) is 47.7 Å². The summed E-state index contributed by atoms with van der Waals surface area (Å²) in [5.74, 6) is -5.69. The Bertz CT molecular complexity index is 3110. The monoisotopic (exact) mass is 906 g/mol. The smallest absolute Gasteiger partial charge is 0.135 e. The van der Waals surface area contributed by atoms with Gasteiger partial charge in [-0.05, 0) is 117 Å². The molecule has 0 amide bonds. The first-order valence-electron chi connectivity index (χ1n) is 22.2. The molecule has 12 nitrogen and oxygen atoms in total. The molecular weight excluding hydrogens is 865 g/mol. The second-order valence-electron chi connectivity index (χ2n) is 18.2. The fourth-order valence-corrected chi connectivity index (χ4v) is 12.0. The molecular formula is C56H42O12. The molecule has 2 aliphatic carbocycles. The summed E-state index contributed by atoms with van der Waals surface area (Å²) in [6.07, 6.45) is -1.62. The van der Waals surface area contributed by atoms with Crippen molar-refractivity contribution in [3.63, 3.8) is 0 Å². The maximum atomic E-state index is 12.5. The highest BCUT2D eigenvalue weighted by Crippen LogP contribution is 2.69. The molecule has 0 aromatic heterocycles. The van der Waals surface area contributed by atoms with Gasteiger partial charge in [0.2, 0.25) is 0 Å². The fourth-order valence-electron chi connectivity index (χ4n) is 12.0. The van der Waals surface area contributed by atoms with Gasteiger partial charge in [-0.3, -0.25) is 0 Å². The maximum Gasteiger partial charge on any atom is 0.135 e. The third-order valence-electron chi connectivity index (χ3n) is 14.5. The summed E-state index contributed by atoms with van der Waals surface area (Å²) in [5.41, 5.74) is 6.75. The Labute approximate surface area is 388 Å². The Hall–Kier alpha value is -8.64. The highest BCUT2D eigenvalue weighted by Gasteiger charge is 2.55. The number of fused-ring (bicyclic) bond motifs is 4. The topological polar surface area (TPSA) is 221 Å². The molecule has 10 N–H and O–H groups in total. The van der Waals surface area contributed by atoms with E-state index in [1.807, 2.05) is 0 Å². The van der Waals surface area contributed by atoms with Crippen molar-refractivity contribution in [3.8, 4) is 69.0 Å². The molecule has 8 atom stereocenters. The Kier molecular flexibility index (Phi) is 8.97. The fraction of sp³-hybridized carbons (Fsp3) is 0.143. The Morgan fingerprint density at radius 3 is 0.897 bits per heavy atom. The predicted molar refractivity (Wildman–Crippen MR) is 248 cm³/mol. The van der Waals surface area contributed by atoms with Crippen molar-refractivity contribution >= 4 is 0 Å². The lowest BCUT2D eigenvalue weighted by Crippen LogP contribution is -2.26. The van der Waals surface area contributed by atoms with Gasteiger partial charge in [-0.1, -0.05) is 48.5 Å². The van der Waals surface area contributed by atoms with Crippen LogP contribution in [0.4, 0.5) is 0 Å². The van der Waals surface area contributed by atoms with E-state index in [1.165, 1.54) is 24.3 Å². The van der Waals surface area contributed by atoms with Gasteiger partial charge in [0.1, 0.15) is 81.2 Å². The molecule has 0 spiro atoms. The highest BCUT2D eigenvalue weighted by atomic mass is 16.5. The van der Waals surface area contributed by atoms with Gasteiger partial charge in [0.15, 0.2) is 0 Å². The summed E-state index contributed by atoms with van der Waals surface area (Å²) in [7, 11) is 0. The maximum absolute atomic E-state index is 12.5. The van der Waals surface area contributed by atoms with Crippen LogP contribution in [0.3, 0.4) is 0 Å². The molecule has 0 unspecified atom stereocenters. The number of rotatable bonds is 5. The van der Waals surface area contributed by atoms with Gasteiger partial charge in [-0.2, -0.15) is 0 Å². The first kappa shape index (κ1) is 40.8. The zero-order valence-corrected chi connectivity index (χ0v) is 35.8.